The molecule has 1 amide bonds. The van der Waals surface area contributed by atoms with Gasteiger partial charge in [-0.05, 0) is 39.7 Å². The number of rotatable bonds is 3. The van der Waals surface area contributed by atoms with Gasteiger partial charge in [-0.15, -0.1) is 0 Å². The summed E-state index contributed by atoms with van der Waals surface area (Å²) in [6.45, 7) is 1.13. The van der Waals surface area contributed by atoms with E-state index in [0.717, 1.165) is 11.3 Å². The van der Waals surface area contributed by atoms with Crippen molar-refractivity contribution in [3.63, 3.8) is 0 Å². The zero-order valence-corrected chi connectivity index (χ0v) is 13.6. The SMILES string of the molecule is COc1ccc(CN2CCc3[nH]c(=O)c(Br)cc3C2=O)cc1. The maximum absolute atomic E-state index is 12.6. The summed E-state index contributed by atoms with van der Waals surface area (Å²) in [5.41, 5.74) is 2.12. The number of carbonyl (C=O) groups is 1. The Morgan fingerprint density at radius 2 is 2.00 bits per heavy atom. The van der Waals surface area contributed by atoms with E-state index in [2.05, 4.69) is 20.9 Å². The maximum Gasteiger partial charge on any atom is 0.262 e. The number of pyridine rings is 1. The molecule has 2 heterocycles. The van der Waals surface area contributed by atoms with Crippen molar-refractivity contribution in [3.05, 3.63) is 62.0 Å². The lowest BCUT2D eigenvalue weighted by molar-refractivity contribution is 0.0725. The predicted molar refractivity (Wildman–Crippen MR) is 86.2 cm³/mol. The smallest absolute Gasteiger partial charge is 0.262 e. The van der Waals surface area contributed by atoms with Gasteiger partial charge in [0, 0.05) is 25.2 Å². The fraction of sp³-hybridized carbons (Fsp3) is 0.250. The van der Waals surface area contributed by atoms with Crippen LogP contribution in [0.15, 0.2) is 39.6 Å². The second-order valence-electron chi connectivity index (χ2n) is 5.16. The van der Waals surface area contributed by atoms with Gasteiger partial charge < -0.3 is 14.6 Å². The van der Waals surface area contributed by atoms with Gasteiger partial charge in [0.2, 0.25) is 0 Å². The van der Waals surface area contributed by atoms with E-state index in [1.54, 1.807) is 18.1 Å². The van der Waals surface area contributed by atoms with E-state index in [9.17, 15) is 9.59 Å². The minimum Gasteiger partial charge on any atom is -0.497 e. The average molecular weight is 363 g/mol. The molecule has 114 valence electrons. The monoisotopic (exact) mass is 362 g/mol. The van der Waals surface area contributed by atoms with Crippen LogP contribution in [-0.2, 0) is 13.0 Å². The van der Waals surface area contributed by atoms with Crippen molar-refractivity contribution in [2.24, 2.45) is 0 Å². The number of carbonyl (C=O) groups excluding carboxylic acids is 1. The highest BCUT2D eigenvalue weighted by Crippen LogP contribution is 2.21. The van der Waals surface area contributed by atoms with Crippen molar-refractivity contribution in [1.82, 2.24) is 9.88 Å². The second kappa shape index (κ2) is 5.96. The molecule has 1 aliphatic rings. The lowest BCUT2D eigenvalue weighted by Gasteiger charge is -2.28. The van der Waals surface area contributed by atoms with Crippen LogP contribution in [0.4, 0.5) is 0 Å². The number of aromatic amines is 1. The number of ether oxygens (including phenoxy) is 1. The highest BCUT2D eigenvalue weighted by atomic mass is 79.9. The number of hydrogen-bond donors (Lipinski definition) is 1. The molecule has 0 aliphatic carbocycles. The van der Waals surface area contributed by atoms with Crippen LogP contribution in [-0.4, -0.2) is 29.4 Å². The standard InChI is InChI=1S/C16H15BrN2O3/c1-22-11-4-2-10(3-5-11)9-19-7-6-14-12(16(19)21)8-13(17)15(20)18-14/h2-5,8H,6-7,9H2,1H3,(H,18,20). The van der Waals surface area contributed by atoms with Crippen molar-refractivity contribution >= 4 is 21.8 Å². The molecule has 0 fully saturated rings. The molecule has 5 nitrogen and oxygen atoms in total. The number of hydrogen-bond acceptors (Lipinski definition) is 3. The lowest BCUT2D eigenvalue weighted by atomic mass is 10.0. The molecule has 1 aromatic carbocycles. The minimum atomic E-state index is -0.199. The first kappa shape index (κ1) is 14.8. The zero-order valence-electron chi connectivity index (χ0n) is 12.1. The summed E-state index contributed by atoms with van der Waals surface area (Å²) in [6, 6.07) is 9.27. The number of H-pyrrole nitrogens is 1. The molecule has 0 spiro atoms. The van der Waals surface area contributed by atoms with Crippen molar-refractivity contribution in [3.8, 4) is 5.75 Å². The fourth-order valence-electron chi connectivity index (χ4n) is 2.55. The number of nitrogens with one attached hydrogen (secondary N) is 1. The van der Waals surface area contributed by atoms with Gasteiger partial charge in [0.25, 0.3) is 11.5 Å². The van der Waals surface area contributed by atoms with E-state index in [1.165, 1.54) is 0 Å². The number of nitrogens with zero attached hydrogens (tertiary/aromatic N) is 1. The Morgan fingerprint density at radius 3 is 2.68 bits per heavy atom. The number of amides is 1. The molecular formula is C16H15BrN2O3. The summed E-state index contributed by atoms with van der Waals surface area (Å²) >= 11 is 3.18. The molecule has 0 saturated heterocycles. The van der Waals surface area contributed by atoms with Crippen LogP contribution in [0.2, 0.25) is 0 Å². The van der Waals surface area contributed by atoms with Gasteiger partial charge >= 0.3 is 0 Å². The summed E-state index contributed by atoms with van der Waals surface area (Å²) in [5, 5.41) is 0. The normalized spacial score (nSPS) is 13.9. The fourth-order valence-corrected chi connectivity index (χ4v) is 2.88. The number of methoxy groups -OCH3 is 1. The van der Waals surface area contributed by atoms with Gasteiger partial charge in [-0.3, -0.25) is 9.59 Å². The third-order valence-corrected chi connectivity index (χ3v) is 4.35. The lowest BCUT2D eigenvalue weighted by Crippen LogP contribution is -2.38. The zero-order chi connectivity index (χ0) is 15.7. The Bertz CT molecular complexity index is 768. The van der Waals surface area contributed by atoms with Crippen molar-refractivity contribution in [1.29, 1.82) is 0 Å². The number of benzene rings is 1. The minimum absolute atomic E-state index is 0.0611. The average Bonchev–Trinajstić information content (AvgIpc) is 2.53. The quantitative estimate of drug-likeness (QED) is 0.911. The summed E-state index contributed by atoms with van der Waals surface area (Å²) in [6.07, 6.45) is 0.653. The molecule has 0 radical (unpaired) electrons. The molecule has 0 atom stereocenters. The molecule has 1 N–H and O–H groups in total. The Morgan fingerprint density at radius 1 is 1.27 bits per heavy atom. The predicted octanol–water partition coefficient (Wildman–Crippen LogP) is 2.34. The summed E-state index contributed by atoms with van der Waals surface area (Å²) in [7, 11) is 1.62. The van der Waals surface area contributed by atoms with Crippen LogP contribution in [0, 0.1) is 0 Å². The molecule has 6 heteroatoms. The molecule has 0 unspecified atom stereocenters. The molecule has 1 aromatic heterocycles. The molecule has 0 bridgehead atoms. The maximum atomic E-state index is 12.6. The first-order chi connectivity index (χ1) is 10.6. The molecule has 0 saturated carbocycles. The third kappa shape index (κ3) is 2.78. The first-order valence-corrected chi connectivity index (χ1v) is 7.71. The number of fused-ring (bicyclic) bond motifs is 1. The van der Waals surface area contributed by atoms with E-state index in [1.807, 2.05) is 24.3 Å². The Kier molecular flexibility index (Phi) is 4.02. The van der Waals surface area contributed by atoms with Gasteiger partial charge in [0.1, 0.15) is 5.75 Å². The Hall–Kier alpha value is -2.08. The highest BCUT2D eigenvalue weighted by molar-refractivity contribution is 9.10. The van der Waals surface area contributed by atoms with E-state index in [4.69, 9.17) is 4.74 Å². The number of halogens is 1. The van der Waals surface area contributed by atoms with E-state index < -0.39 is 0 Å². The van der Waals surface area contributed by atoms with Crippen molar-refractivity contribution in [2.75, 3.05) is 13.7 Å². The molecule has 2 aromatic rings. The topological polar surface area (TPSA) is 62.4 Å². The van der Waals surface area contributed by atoms with Crippen LogP contribution in [0.5, 0.6) is 5.75 Å². The van der Waals surface area contributed by atoms with E-state index >= 15 is 0 Å². The van der Waals surface area contributed by atoms with Gasteiger partial charge in [0.15, 0.2) is 0 Å². The van der Waals surface area contributed by atoms with Crippen molar-refractivity contribution in [2.45, 2.75) is 13.0 Å². The van der Waals surface area contributed by atoms with Crippen LogP contribution < -0.4 is 10.3 Å². The van der Waals surface area contributed by atoms with Gasteiger partial charge in [-0.25, -0.2) is 0 Å². The van der Waals surface area contributed by atoms with E-state index in [-0.39, 0.29) is 11.5 Å². The molecular weight excluding hydrogens is 348 g/mol. The Labute approximate surface area is 136 Å². The van der Waals surface area contributed by atoms with Crippen LogP contribution >= 0.6 is 15.9 Å². The third-order valence-electron chi connectivity index (χ3n) is 3.76. The molecule has 22 heavy (non-hydrogen) atoms. The molecule has 3 rings (SSSR count). The first-order valence-electron chi connectivity index (χ1n) is 6.92. The van der Waals surface area contributed by atoms with Gasteiger partial charge in [-0.1, -0.05) is 12.1 Å². The van der Waals surface area contributed by atoms with Crippen LogP contribution in [0.25, 0.3) is 0 Å². The Balaban J connectivity index is 1.83. The van der Waals surface area contributed by atoms with Crippen LogP contribution in [0.1, 0.15) is 21.6 Å². The second-order valence-corrected chi connectivity index (χ2v) is 6.02. The summed E-state index contributed by atoms with van der Waals surface area (Å²) < 4.78 is 5.51. The van der Waals surface area contributed by atoms with E-state index in [0.29, 0.717) is 35.2 Å². The molecule has 1 aliphatic heterocycles. The number of aromatic nitrogens is 1. The van der Waals surface area contributed by atoms with Gasteiger partial charge in [0.05, 0.1) is 17.1 Å². The summed E-state index contributed by atoms with van der Waals surface area (Å²) in [5.74, 6) is 0.731. The van der Waals surface area contributed by atoms with Crippen molar-refractivity contribution < 1.29 is 9.53 Å². The highest BCUT2D eigenvalue weighted by Gasteiger charge is 2.25. The summed E-state index contributed by atoms with van der Waals surface area (Å²) in [4.78, 5) is 28.7. The largest absolute Gasteiger partial charge is 0.497 e. The van der Waals surface area contributed by atoms with Crippen LogP contribution in [0.3, 0.4) is 0 Å². The van der Waals surface area contributed by atoms with Gasteiger partial charge in [-0.2, -0.15) is 0 Å².